The molecule has 0 spiro atoms. The lowest BCUT2D eigenvalue weighted by Crippen LogP contribution is -2.60. The van der Waals surface area contributed by atoms with Crippen molar-refractivity contribution >= 4 is 40.3 Å². The second-order valence-electron chi connectivity index (χ2n) is 5.52. The molecular formula is C13H16N4S2. The van der Waals surface area contributed by atoms with Crippen LogP contribution in [0.15, 0.2) is 30.3 Å². The number of hydrogen-bond donors (Lipinski definition) is 2. The highest BCUT2D eigenvalue weighted by Crippen LogP contribution is 2.39. The Morgan fingerprint density at radius 2 is 1.58 bits per heavy atom. The summed E-state index contributed by atoms with van der Waals surface area (Å²) in [6, 6.07) is 10.0. The molecule has 2 aliphatic rings. The van der Waals surface area contributed by atoms with Crippen LogP contribution in [0.5, 0.6) is 0 Å². The molecule has 1 unspecified atom stereocenters. The topological polar surface area (TPSA) is 30.5 Å². The molecule has 6 heteroatoms. The molecule has 4 nitrogen and oxygen atoms in total. The van der Waals surface area contributed by atoms with Gasteiger partial charge in [-0.05, 0) is 57.3 Å². The molecule has 1 aromatic carbocycles. The van der Waals surface area contributed by atoms with Crippen molar-refractivity contribution < 1.29 is 0 Å². The molecular weight excluding hydrogens is 276 g/mol. The predicted octanol–water partition coefficient (Wildman–Crippen LogP) is 1.98. The van der Waals surface area contributed by atoms with E-state index < -0.39 is 0 Å². The minimum atomic E-state index is -0.364. The van der Waals surface area contributed by atoms with Crippen LogP contribution in [0.4, 0.5) is 5.69 Å². The Hall–Kier alpha value is -1.40. The van der Waals surface area contributed by atoms with Gasteiger partial charge in [0.1, 0.15) is 0 Å². The number of anilines is 1. The molecule has 1 aromatic rings. The fourth-order valence-corrected chi connectivity index (χ4v) is 3.47. The molecule has 2 fully saturated rings. The molecule has 0 bridgehead atoms. The number of benzene rings is 1. The molecule has 2 saturated heterocycles. The standard InChI is InChI=1S/C13H16N4S2/c1-12(2)13(3)15-10(18)16(17(13)11(19)14-12)9-7-5-4-6-8-9/h4-8H,1-3H3,(H,14,19)(H,15,18). The third-order valence-electron chi connectivity index (χ3n) is 4.00. The van der Waals surface area contributed by atoms with Crippen LogP contribution in [0.1, 0.15) is 20.8 Å². The first-order valence-corrected chi connectivity index (χ1v) is 6.98. The van der Waals surface area contributed by atoms with E-state index in [9.17, 15) is 0 Å². The summed E-state index contributed by atoms with van der Waals surface area (Å²) in [5.41, 5.74) is 0.430. The van der Waals surface area contributed by atoms with Gasteiger partial charge in [-0.2, -0.15) is 0 Å². The first-order valence-electron chi connectivity index (χ1n) is 6.16. The van der Waals surface area contributed by atoms with Crippen LogP contribution in [-0.2, 0) is 0 Å². The van der Waals surface area contributed by atoms with E-state index in [0.717, 1.165) is 5.69 Å². The molecule has 0 amide bonds. The van der Waals surface area contributed by atoms with Gasteiger partial charge in [0.2, 0.25) is 0 Å². The maximum absolute atomic E-state index is 5.49. The number of nitrogens with one attached hydrogen (secondary N) is 2. The summed E-state index contributed by atoms with van der Waals surface area (Å²) in [7, 11) is 0. The van der Waals surface area contributed by atoms with Gasteiger partial charge in [0.15, 0.2) is 15.9 Å². The van der Waals surface area contributed by atoms with Crippen molar-refractivity contribution in [3.63, 3.8) is 0 Å². The summed E-state index contributed by atoms with van der Waals surface area (Å²) in [5.74, 6) is 0. The molecule has 0 saturated carbocycles. The van der Waals surface area contributed by atoms with E-state index in [0.29, 0.717) is 10.2 Å². The van der Waals surface area contributed by atoms with Crippen molar-refractivity contribution in [3.05, 3.63) is 30.3 Å². The number of hydrogen-bond acceptors (Lipinski definition) is 2. The highest BCUT2D eigenvalue weighted by molar-refractivity contribution is 7.81. The minimum absolute atomic E-state index is 0.211. The fourth-order valence-electron chi connectivity index (χ4n) is 2.56. The molecule has 2 aliphatic heterocycles. The van der Waals surface area contributed by atoms with E-state index in [-0.39, 0.29) is 11.2 Å². The number of para-hydroxylation sites is 1. The van der Waals surface area contributed by atoms with Gasteiger partial charge >= 0.3 is 0 Å². The molecule has 2 N–H and O–H groups in total. The quantitative estimate of drug-likeness (QED) is 0.770. The highest BCUT2D eigenvalue weighted by atomic mass is 32.1. The lowest BCUT2D eigenvalue weighted by Gasteiger charge is -2.37. The van der Waals surface area contributed by atoms with Gasteiger partial charge in [-0.3, -0.25) is 0 Å². The Morgan fingerprint density at radius 1 is 0.947 bits per heavy atom. The number of hydrazine groups is 1. The SMILES string of the molecule is CC1(C)NC(=S)N2N(c3ccccc3)C(=S)NC21C. The van der Waals surface area contributed by atoms with Gasteiger partial charge in [-0.1, -0.05) is 18.2 Å². The van der Waals surface area contributed by atoms with E-state index in [1.165, 1.54) is 0 Å². The fraction of sp³-hybridized carbons (Fsp3) is 0.385. The van der Waals surface area contributed by atoms with Crippen LogP contribution >= 0.6 is 24.4 Å². The van der Waals surface area contributed by atoms with E-state index in [1.54, 1.807) is 0 Å². The summed E-state index contributed by atoms with van der Waals surface area (Å²) in [6.07, 6.45) is 0. The molecule has 3 rings (SSSR count). The zero-order chi connectivity index (χ0) is 13.8. The average molecular weight is 292 g/mol. The van der Waals surface area contributed by atoms with E-state index in [4.69, 9.17) is 24.4 Å². The Morgan fingerprint density at radius 3 is 2.21 bits per heavy atom. The van der Waals surface area contributed by atoms with Crippen LogP contribution in [-0.4, -0.2) is 26.4 Å². The zero-order valence-electron chi connectivity index (χ0n) is 11.1. The lowest BCUT2D eigenvalue weighted by atomic mass is 9.91. The number of rotatable bonds is 1. The zero-order valence-corrected chi connectivity index (χ0v) is 12.7. The summed E-state index contributed by atoms with van der Waals surface area (Å²) in [4.78, 5) is 0. The van der Waals surface area contributed by atoms with E-state index in [1.807, 2.05) is 40.3 Å². The molecule has 1 atom stereocenters. The van der Waals surface area contributed by atoms with Gasteiger partial charge in [-0.15, -0.1) is 0 Å². The molecule has 0 aliphatic carbocycles. The first kappa shape index (κ1) is 12.6. The number of thiocarbonyl (C=S) groups is 2. The monoisotopic (exact) mass is 292 g/mol. The minimum Gasteiger partial charge on any atom is -0.352 e. The number of nitrogens with zero attached hydrogens (tertiary/aromatic N) is 2. The second-order valence-corrected chi connectivity index (χ2v) is 6.29. The predicted molar refractivity (Wildman–Crippen MR) is 84.7 cm³/mol. The normalized spacial score (nSPS) is 28.2. The Labute approximate surface area is 123 Å². The number of fused-ring (bicyclic) bond motifs is 1. The van der Waals surface area contributed by atoms with Crippen molar-refractivity contribution in [2.75, 3.05) is 5.01 Å². The van der Waals surface area contributed by atoms with E-state index >= 15 is 0 Å². The maximum atomic E-state index is 5.49. The second kappa shape index (κ2) is 3.80. The molecule has 19 heavy (non-hydrogen) atoms. The van der Waals surface area contributed by atoms with Gasteiger partial charge in [0, 0.05) is 0 Å². The van der Waals surface area contributed by atoms with Crippen LogP contribution in [0.25, 0.3) is 0 Å². The van der Waals surface area contributed by atoms with Crippen molar-refractivity contribution in [1.82, 2.24) is 15.6 Å². The average Bonchev–Trinajstić information content (AvgIpc) is 2.70. The van der Waals surface area contributed by atoms with E-state index in [2.05, 4.69) is 31.4 Å². The van der Waals surface area contributed by atoms with Gasteiger partial charge in [0.05, 0.1) is 11.2 Å². The lowest BCUT2D eigenvalue weighted by molar-refractivity contribution is 0.156. The smallest absolute Gasteiger partial charge is 0.194 e. The molecule has 0 aromatic heterocycles. The van der Waals surface area contributed by atoms with Gasteiger partial charge in [0.25, 0.3) is 0 Å². The highest BCUT2D eigenvalue weighted by Gasteiger charge is 2.60. The Bertz CT molecular complexity index is 557. The molecule has 2 heterocycles. The van der Waals surface area contributed by atoms with Gasteiger partial charge in [-0.25, -0.2) is 10.0 Å². The van der Waals surface area contributed by atoms with Crippen LogP contribution in [0, 0.1) is 0 Å². The molecule has 100 valence electrons. The van der Waals surface area contributed by atoms with Crippen molar-refractivity contribution in [2.45, 2.75) is 32.0 Å². The summed E-state index contributed by atoms with van der Waals surface area (Å²) >= 11 is 11.0. The summed E-state index contributed by atoms with van der Waals surface area (Å²) < 4.78 is 0. The third kappa shape index (κ3) is 1.56. The van der Waals surface area contributed by atoms with Gasteiger partial charge < -0.3 is 10.6 Å². The van der Waals surface area contributed by atoms with Crippen molar-refractivity contribution in [2.24, 2.45) is 0 Å². The van der Waals surface area contributed by atoms with Crippen LogP contribution < -0.4 is 15.6 Å². The Kier molecular flexibility index (Phi) is 2.53. The largest absolute Gasteiger partial charge is 0.352 e. The summed E-state index contributed by atoms with van der Waals surface area (Å²) in [6.45, 7) is 6.33. The summed E-state index contributed by atoms with van der Waals surface area (Å²) in [5, 5.41) is 12.1. The third-order valence-corrected chi connectivity index (χ3v) is 4.55. The van der Waals surface area contributed by atoms with Crippen LogP contribution in [0.2, 0.25) is 0 Å². The first-order chi connectivity index (χ1) is 8.87. The van der Waals surface area contributed by atoms with Crippen LogP contribution in [0.3, 0.4) is 0 Å². The molecule has 0 radical (unpaired) electrons. The maximum Gasteiger partial charge on any atom is 0.194 e. The van der Waals surface area contributed by atoms with Crippen molar-refractivity contribution in [1.29, 1.82) is 0 Å². The Balaban J connectivity index is 2.10. The van der Waals surface area contributed by atoms with Crippen molar-refractivity contribution in [3.8, 4) is 0 Å².